The average Bonchev–Trinajstić information content (AvgIpc) is 3.05. The fraction of sp³-hybridized carbons (Fsp3) is 0.350. The SMILES string of the molecule is NC1=NC2(CO1)c1ccccc1Oc1ccc(N)c(C3CCOCC3)c12. The summed E-state index contributed by atoms with van der Waals surface area (Å²) in [6.45, 7) is 1.83. The van der Waals surface area contributed by atoms with Gasteiger partial charge in [-0.25, -0.2) is 4.99 Å². The average molecular weight is 351 g/mol. The Bertz CT molecular complexity index is 905. The Labute approximate surface area is 151 Å². The minimum atomic E-state index is -0.711. The summed E-state index contributed by atoms with van der Waals surface area (Å²) < 4.78 is 17.4. The zero-order valence-corrected chi connectivity index (χ0v) is 14.4. The molecule has 3 aliphatic heterocycles. The summed E-state index contributed by atoms with van der Waals surface area (Å²) in [4.78, 5) is 4.76. The number of nitrogens with two attached hydrogens (primary N) is 2. The van der Waals surface area contributed by atoms with E-state index in [1.807, 2.05) is 36.4 Å². The molecular formula is C20H21N3O3. The van der Waals surface area contributed by atoms with Gasteiger partial charge in [0.2, 0.25) is 0 Å². The second kappa shape index (κ2) is 5.64. The van der Waals surface area contributed by atoms with Crippen LogP contribution in [0.4, 0.5) is 5.69 Å². The molecule has 134 valence electrons. The number of amidine groups is 1. The molecule has 0 aromatic heterocycles. The van der Waals surface area contributed by atoms with Crippen molar-refractivity contribution in [1.82, 2.24) is 0 Å². The maximum atomic E-state index is 6.46. The predicted molar refractivity (Wildman–Crippen MR) is 98.5 cm³/mol. The number of nitrogens with zero attached hydrogens (tertiary/aromatic N) is 1. The highest BCUT2D eigenvalue weighted by Gasteiger charge is 2.49. The van der Waals surface area contributed by atoms with E-state index in [1.54, 1.807) is 0 Å². The second-order valence-corrected chi connectivity index (χ2v) is 7.03. The van der Waals surface area contributed by atoms with Gasteiger partial charge in [-0.3, -0.25) is 0 Å². The number of anilines is 1. The molecule has 1 saturated heterocycles. The Morgan fingerprint density at radius 2 is 1.81 bits per heavy atom. The summed E-state index contributed by atoms with van der Waals surface area (Å²) in [5.74, 6) is 1.87. The quantitative estimate of drug-likeness (QED) is 0.771. The summed E-state index contributed by atoms with van der Waals surface area (Å²) in [7, 11) is 0. The zero-order chi connectivity index (χ0) is 17.7. The van der Waals surface area contributed by atoms with E-state index in [0.29, 0.717) is 12.5 Å². The molecule has 0 saturated carbocycles. The van der Waals surface area contributed by atoms with Gasteiger partial charge in [-0.05, 0) is 42.5 Å². The van der Waals surface area contributed by atoms with Gasteiger partial charge in [0.25, 0.3) is 6.02 Å². The third-order valence-corrected chi connectivity index (χ3v) is 5.57. The van der Waals surface area contributed by atoms with Crippen LogP contribution in [0.2, 0.25) is 0 Å². The molecule has 26 heavy (non-hydrogen) atoms. The summed E-state index contributed by atoms with van der Waals surface area (Å²) in [6, 6.07) is 12.0. The van der Waals surface area contributed by atoms with Crippen molar-refractivity contribution in [3.63, 3.8) is 0 Å². The summed E-state index contributed by atoms with van der Waals surface area (Å²) >= 11 is 0. The van der Waals surface area contributed by atoms with E-state index in [1.165, 1.54) is 0 Å². The standard InChI is InChI=1S/C20H21N3O3/c21-14-5-6-16-18(17(14)12-7-9-24-10-8-12)20(11-25-19(22)23-20)13-3-1-2-4-15(13)26-16/h1-6,12H,7-11,21H2,(H2,22,23). The van der Waals surface area contributed by atoms with E-state index in [0.717, 1.165) is 59.9 Å². The molecule has 1 spiro atoms. The Morgan fingerprint density at radius 1 is 1.00 bits per heavy atom. The third kappa shape index (κ3) is 2.12. The molecule has 6 heteroatoms. The lowest BCUT2D eigenvalue weighted by molar-refractivity contribution is 0.0849. The summed E-state index contributed by atoms with van der Waals surface area (Å²) in [5.41, 5.74) is 15.5. The highest BCUT2D eigenvalue weighted by atomic mass is 16.5. The molecule has 3 aliphatic rings. The fourth-order valence-electron chi connectivity index (χ4n) is 4.40. The van der Waals surface area contributed by atoms with Crippen LogP contribution in [0, 0.1) is 0 Å². The van der Waals surface area contributed by atoms with Crippen molar-refractivity contribution in [2.45, 2.75) is 24.3 Å². The van der Waals surface area contributed by atoms with Gasteiger partial charge in [-0.2, -0.15) is 0 Å². The molecule has 0 radical (unpaired) electrons. The summed E-state index contributed by atoms with van der Waals surface area (Å²) in [5, 5.41) is 0. The first-order chi connectivity index (χ1) is 12.7. The van der Waals surface area contributed by atoms with Gasteiger partial charge in [0.1, 0.15) is 18.1 Å². The molecule has 5 rings (SSSR count). The van der Waals surface area contributed by atoms with E-state index in [4.69, 9.17) is 30.7 Å². The second-order valence-electron chi connectivity index (χ2n) is 7.03. The number of benzene rings is 2. The van der Waals surface area contributed by atoms with Gasteiger partial charge in [0, 0.05) is 30.0 Å². The molecule has 3 heterocycles. The zero-order valence-electron chi connectivity index (χ0n) is 14.4. The first-order valence-corrected chi connectivity index (χ1v) is 8.95. The van der Waals surface area contributed by atoms with Crippen LogP contribution in [0.25, 0.3) is 0 Å². The van der Waals surface area contributed by atoms with Gasteiger partial charge >= 0.3 is 0 Å². The van der Waals surface area contributed by atoms with Crippen molar-refractivity contribution < 1.29 is 14.2 Å². The molecule has 2 aromatic carbocycles. The first-order valence-electron chi connectivity index (χ1n) is 8.95. The minimum absolute atomic E-state index is 0.202. The fourth-order valence-corrected chi connectivity index (χ4v) is 4.40. The third-order valence-electron chi connectivity index (χ3n) is 5.57. The van der Waals surface area contributed by atoms with E-state index in [2.05, 4.69) is 0 Å². The normalized spacial score (nSPS) is 24.4. The van der Waals surface area contributed by atoms with Crippen LogP contribution in [0.15, 0.2) is 41.4 Å². The molecule has 0 aliphatic carbocycles. The predicted octanol–water partition coefficient (Wildman–Crippen LogP) is 2.86. The van der Waals surface area contributed by atoms with Gasteiger partial charge in [-0.15, -0.1) is 0 Å². The Hall–Kier alpha value is -2.73. The van der Waals surface area contributed by atoms with Crippen molar-refractivity contribution in [2.24, 2.45) is 10.7 Å². The molecule has 1 atom stereocenters. The molecule has 0 amide bonds. The van der Waals surface area contributed by atoms with Crippen molar-refractivity contribution >= 4 is 11.7 Å². The topological polar surface area (TPSA) is 92.1 Å². The monoisotopic (exact) mass is 351 g/mol. The Balaban J connectivity index is 1.79. The number of hydrogen-bond donors (Lipinski definition) is 2. The number of nitrogen functional groups attached to an aromatic ring is 1. The number of hydrogen-bond acceptors (Lipinski definition) is 6. The van der Waals surface area contributed by atoms with Crippen LogP contribution >= 0.6 is 0 Å². The highest BCUT2D eigenvalue weighted by molar-refractivity contribution is 5.78. The van der Waals surface area contributed by atoms with Crippen LogP contribution < -0.4 is 16.2 Å². The molecular weight excluding hydrogens is 330 g/mol. The van der Waals surface area contributed by atoms with Crippen molar-refractivity contribution in [3.8, 4) is 11.5 Å². The lowest BCUT2D eigenvalue weighted by atomic mass is 9.74. The van der Waals surface area contributed by atoms with E-state index in [-0.39, 0.29) is 6.02 Å². The molecule has 4 N–H and O–H groups in total. The van der Waals surface area contributed by atoms with Crippen LogP contribution in [-0.4, -0.2) is 25.8 Å². The maximum absolute atomic E-state index is 6.46. The van der Waals surface area contributed by atoms with Gasteiger partial charge < -0.3 is 25.7 Å². The molecule has 0 bridgehead atoms. The van der Waals surface area contributed by atoms with Crippen molar-refractivity contribution in [3.05, 3.63) is 53.1 Å². The molecule has 2 aromatic rings. The van der Waals surface area contributed by atoms with Gasteiger partial charge in [0.05, 0.1) is 0 Å². The van der Waals surface area contributed by atoms with Crippen molar-refractivity contribution in [2.75, 3.05) is 25.6 Å². The van der Waals surface area contributed by atoms with E-state index >= 15 is 0 Å². The van der Waals surface area contributed by atoms with Crippen LogP contribution in [0.1, 0.15) is 35.4 Å². The lowest BCUT2D eigenvalue weighted by Gasteiger charge is -2.37. The number of rotatable bonds is 1. The maximum Gasteiger partial charge on any atom is 0.283 e. The van der Waals surface area contributed by atoms with E-state index in [9.17, 15) is 0 Å². The number of ether oxygens (including phenoxy) is 3. The van der Waals surface area contributed by atoms with Crippen molar-refractivity contribution in [1.29, 1.82) is 0 Å². The Kier molecular flexibility index (Phi) is 3.37. The van der Waals surface area contributed by atoms with E-state index < -0.39 is 5.54 Å². The lowest BCUT2D eigenvalue weighted by Crippen LogP contribution is -2.33. The molecule has 1 unspecified atom stereocenters. The van der Waals surface area contributed by atoms with Crippen LogP contribution in [-0.2, 0) is 15.0 Å². The smallest absolute Gasteiger partial charge is 0.283 e. The van der Waals surface area contributed by atoms with Crippen LogP contribution in [0.5, 0.6) is 11.5 Å². The number of aliphatic imine (C=N–C) groups is 1. The molecule has 6 nitrogen and oxygen atoms in total. The van der Waals surface area contributed by atoms with Gasteiger partial charge in [-0.1, -0.05) is 18.2 Å². The molecule has 1 fully saturated rings. The minimum Gasteiger partial charge on any atom is -0.462 e. The highest BCUT2D eigenvalue weighted by Crippen LogP contribution is 2.54. The summed E-state index contributed by atoms with van der Waals surface area (Å²) in [6.07, 6.45) is 1.86. The number of para-hydroxylation sites is 1. The van der Waals surface area contributed by atoms with Crippen LogP contribution in [0.3, 0.4) is 0 Å². The number of fused-ring (bicyclic) bond motifs is 4. The first kappa shape index (κ1) is 15.5. The largest absolute Gasteiger partial charge is 0.462 e. The Morgan fingerprint density at radius 3 is 2.58 bits per heavy atom. The van der Waals surface area contributed by atoms with Gasteiger partial charge in [0.15, 0.2) is 5.54 Å².